The van der Waals surface area contributed by atoms with Crippen LogP contribution in [-0.2, 0) is 4.74 Å². The molecule has 1 fully saturated rings. The van der Waals surface area contributed by atoms with Gasteiger partial charge in [0.25, 0.3) is 0 Å². The first-order valence-electron chi connectivity index (χ1n) is 6.12. The van der Waals surface area contributed by atoms with Crippen LogP contribution >= 0.6 is 23.2 Å². The molecule has 3 nitrogen and oxygen atoms in total. The summed E-state index contributed by atoms with van der Waals surface area (Å²) in [6.45, 7) is 2.82. The van der Waals surface area contributed by atoms with E-state index in [1.165, 1.54) is 0 Å². The Hall–Kier alpha value is -0.320. The van der Waals surface area contributed by atoms with E-state index in [1.807, 2.05) is 6.07 Å². The van der Waals surface area contributed by atoms with E-state index in [1.54, 1.807) is 12.1 Å². The molecule has 18 heavy (non-hydrogen) atoms. The molecular formula is C13H18Cl2N2O. The summed E-state index contributed by atoms with van der Waals surface area (Å²) in [6.07, 6.45) is 3.17. The highest BCUT2D eigenvalue weighted by Crippen LogP contribution is 2.39. The van der Waals surface area contributed by atoms with E-state index in [-0.39, 0.29) is 11.6 Å². The first-order chi connectivity index (χ1) is 8.57. The number of ether oxygens (including phenoxy) is 1. The Kier molecular flexibility index (Phi) is 4.51. The molecular weight excluding hydrogens is 271 g/mol. The highest BCUT2D eigenvalue weighted by molar-refractivity contribution is 6.33. The van der Waals surface area contributed by atoms with Gasteiger partial charge in [-0.2, -0.15) is 0 Å². The van der Waals surface area contributed by atoms with Crippen molar-refractivity contribution in [3.05, 3.63) is 33.8 Å². The van der Waals surface area contributed by atoms with Crippen LogP contribution in [0.15, 0.2) is 18.2 Å². The van der Waals surface area contributed by atoms with Crippen LogP contribution in [-0.4, -0.2) is 12.2 Å². The number of nitrogens with two attached hydrogens (primary N) is 1. The zero-order chi connectivity index (χ0) is 13.2. The van der Waals surface area contributed by atoms with E-state index in [4.69, 9.17) is 33.8 Å². The second-order valence-corrected chi connectivity index (χ2v) is 5.73. The van der Waals surface area contributed by atoms with Gasteiger partial charge >= 0.3 is 0 Å². The predicted octanol–water partition coefficient (Wildman–Crippen LogP) is 3.46. The molecule has 0 saturated carbocycles. The van der Waals surface area contributed by atoms with Crippen molar-refractivity contribution < 1.29 is 4.74 Å². The monoisotopic (exact) mass is 288 g/mol. The lowest BCUT2D eigenvalue weighted by molar-refractivity contribution is -0.0898. The Morgan fingerprint density at radius 1 is 1.39 bits per heavy atom. The number of benzene rings is 1. The molecule has 1 heterocycles. The fourth-order valence-electron chi connectivity index (χ4n) is 2.51. The zero-order valence-electron chi connectivity index (χ0n) is 10.4. The lowest BCUT2D eigenvalue weighted by Crippen LogP contribution is -2.48. The van der Waals surface area contributed by atoms with Gasteiger partial charge in [0.1, 0.15) is 0 Å². The van der Waals surface area contributed by atoms with Crippen LogP contribution in [0.2, 0.25) is 10.0 Å². The Morgan fingerprint density at radius 3 is 2.78 bits per heavy atom. The van der Waals surface area contributed by atoms with Crippen molar-refractivity contribution in [2.24, 2.45) is 5.84 Å². The molecule has 2 unspecified atom stereocenters. The summed E-state index contributed by atoms with van der Waals surface area (Å²) in [6, 6.07) is 5.24. The third-order valence-electron chi connectivity index (χ3n) is 3.55. The van der Waals surface area contributed by atoms with Crippen LogP contribution in [0.4, 0.5) is 0 Å². The van der Waals surface area contributed by atoms with E-state index in [0.29, 0.717) is 10.0 Å². The molecule has 1 aromatic carbocycles. The molecule has 0 radical (unpaired) electrons. The maximum absolute atomic E-state index is 6.24. The van der Waals surface area contributed by atoms with Crippen LogP contribution in [0.25, 0.3) is 0 Å². The second kappa shape index (κ2) is 5.76. The minimum absolute atomic E-state index is 0.163. The highest BCUT2D eigenvalue weighted by Gasteiger charge is 2.38. The number of halogens is 2. The van der Waals surface area contributed by atoms with Crippen molar-refractivity contribution in [2.45, 2.75) is 37.8 Å². The fraction of sp³-hybridized carbons (Fsp3) is 0.538. The van der Waals surface area contributed by atoms with Gasteiger partial charge in [0.15, 0.2) is 0 Å². The Labute approximate surface area is 118 Å². The number of hydrazine groups is 1. The molecule has 1 aliphatic heterocycles. The molecule has 5 heteroatoms. The van der Waals surface area contributed by atoms with Crippen molar-refractivity contribution in [1.29, 1.82) is 0 Å². The van der Waals surface area contributed by atoms with E-state index in [9.17, 15) is 0 Å². The van der Waals surface area contributed by atoms with Gasteiger partial charge in [0, 0.05) is 16.7 Å². The molecule has 0 aliphatic carbocycles. The van der Waals surface area contributed by atoms with Gasteiger partial charge in [-0.3, -0.25) is 11.3 Å². The van der Waals surface area contributed by atoms with Gasteiger partial charge in [-0.25, -0.2) is 0 Å². The van der Waals surface area contributed by atoms with E-state index in [2.05, 4.69) is 12.3 Å². The van der Waals surface area contributed by atoms with Gasteiger partial charge in [0.2, 0.25) is 0 Å². The largest absolute Gasteiger partial charge is 0.373 e. The Morgan fingerprint density at radius 2 is 2.17 bits per heavy atom. The molecule has 0 bridgehead atoms. The summed E-state index contributed by atoms with van der Waals surface area (Å²) >= 11 is 12.3. The van der Waals surface area contributed by atoms with Crippen LogP contribution in [0.1, 0.15) is 37.8 Å². The van der Waals surface area contributed by atoms with Gasteiger partial charge < -0.3 is 4.74 Å². The molecule has 2 atom stereocenters. The predicted molar refractivity (Wildman–Crippen MR) is 74.7 cm³/mol. The SMILES string of the molecule is CC1(C(NN)c2cc(Cl)ccc2Cl)CCCCO1. The summed E-state index contributed by atoms with van der Waals surface area (Å²) in [5.41, 5.74) is 3.37. The molecule has 1 aromatic rings. The van der Waals surface area contributed by atoms with Crippen molar-refractivity contribution >= 4 is 23.2 Å². The number of hydrogen-bond acceptors (Lipinski definition) is 3. The van der Waals surface area contributed by atoms with Crippen molar-refractivity contribution in [3.63, 3.8) is 0 Å². The molecule has 2 rings (SSSR count). The molecule has 0 aromatic heterocycles. The van der Waals surface area contributed by atoms with Gasteiger partial charge in [0.05, 0.1) is 11.6 Å². The van der Waals surface area contributed by atoms with Crippen LogP contribution < -0.4 is 11.3 Å². The average Bonchev–Trinajstić information content (AvgIpc) is 2.35. The lowest BCUT2D eigenvalue weighted by atomic mass is 9.84. The highest BCUT2D eigenvalue weighted by atomic mass is 35.5. The zero-order valence-corrected chi connectivity index (χ0v) is 11.9. The maximum atomic E-state index is 6.24. The van der Waals surface area contributed by atoms with Crippen LogP contribution in [0, 0.1) is 0 Å². The third kappa shape index (κ3) is 2.81. The van der Waals surface area contributed by atoms with Gasteiger partial charge in [-0.15, -0.1) is 0 Å². The van der Waals surface area contributed by atoms with Crippen LogP contribution in [0.5, 0.6) is 0 Å². The minimum atomic E-state index is -0.346. The van der Waals surface area contributed by atoms with Gasteiger partial charge in [-0.1, -0.05) is 23.2 Å². The van der Waals surface area contributed by atoms with Crippen molar-refractivity contribution in [1.82, 2.24) is 5.43 Å². The summed E-state index contributed by atoms with van der Waals surface area (Å²) in [4.78, 5) is 0. The molecule has 1 aliphatic rings. The summed E-state index contributed by atoms with van der Waals surface area (Å²) in [5, 5.41) is 1.30. The molecule has 0 amide bonds. The van der Waals surface area contributed by atoms with Crippen molar-refractivity contribution in [2.75, 3.05) is 6.61 Å². The minimum Gasteiger partial charge on any atom is -0.373 e. The summed E-state index contributed by atoms with van der Waals surface area (Å²) in [7, 11) is 0. The number of rotatable bonds is 3. The van der Waals surface area contributed by atoms with Crippen molar-refractivity contribution in [3.8, 4) is 0 Å². The number of hydrogen-bond donors (Lipinski definition) is 2. The Bertz CT molecular complexity index is 419. The molecule has 3 N–H and O–H groups in total. The lowest BCUT2D eigenvalue weighted by Gasteiger charge is -2.40. The fourth-order valence-corrected chi connectivity index (χ4v) is 2.92. The quantitative estimate of drug-likeness (QED) is 0.661. The molecule has 100 valence electrons. The first-order valence-corrected chi connectivity index (χ1v) is 6.87. The summed E-state index contributed by atoms with van der Waals surface area (Å²) in [5.74, 6) is 5.71. The van der Waals surface area contributed by atoms with E-state index >= 15 is 0 Å². The van der Waals surface area contributed by atoms with Gasteiger partial charge in [-0.05, 0) is 49.9 Å². The second-order valence-electron chi connectivity index (χ2n) is 4.88. The standard InChI is InChI=1S/C13H18Cl2N2O/c1-13(6-2-3-7-18-13)12(17-16)10-8-9(14)4-5-11(10)15/h4-5,8,12,17H,2-3,6-7,16H2,1H3. The smallest absolute Gasteiger partial charge is 0.0861 e. The van der Waals surface area contributed by atoms with E-state index in [0.717, 1.165) is 31.4 Å². The maximum Gasteiger partial charge on any atom is 0.0861 e. The summed E-state index contributed by atoms with van der Waals surface area (Å²) < 4.78 is 5.92. The molecule has 1 saturated heterocycles. The normalized spacial score (nSPS) is 26.0. The Balaban J connectivity index is 2.35. The first kappa shape index (κ1) is 14.1. The molecule has 0 spiro atoms. The van der Waals surface area contributed by atoms with Crippen LogP contribution in [0.3, 0.4) is 0 Å². The van der Waals surface area contributed by atoms with E-state index < -0.39 is 0 Å². The topological polar surface area (TPSA) is 47.3 Å². The number of nitrogens with one attached hydrogen (secondary N) is 1. The average molecular weight is 289 g/mol. The third-order valence-corrected chi connectivity index (χ3v) is 4.12.